The predicted molar refractivity (Wildman–Crippen MR) is 70.3 cm³/mol. The van der Waals surface area contributed by atoms with Gasteiger partial charge in [0, 0.05) is 6.92 Å². The molecule has 0 aliphatic carbocycles. The molecule has 0 bridgehead atoms. The van der Waals surface area contributed by atoms with Gasteiger partial charge in [-0.05, 0) is 13.0 Å². The van der Waals surface area contributed by atoms with Crippen molar-refractivity contribution in [2.45, 2.75) is 13.8 Å². The Kier molecular flexibility index (Phi) is 4.76. The molecule has 0 atom stereocenters. The number of aliphatic hydroxyl groups excluding tert-OH is 1. The summed E-state index contributed by atoms with van der Waals surface area (Å²) in [6, 6.07) is 1.85. The van der Waals surface area contributed by atoms with E-state index in [1.807, 2.05) is 0 Å². The molecule has 0 aliphatic rings. The van der Waals surface area contributed by atoms with Crippen LogP contribution in [0.4, 0.5) is 11.4 Å². The molecule has 0 saturated heterocycles. The fourth-order valence-corrected chi connectivity index (χ4v) is 1.49. The minimum Gasteiger partial charge on any atom is -0.510 e. The third-order valence-electron chi connectivity index (χ3n) is 2.17. The number of phenols is 1. The molecule has 0 fully saturated rings. The Morgan fingerprint density at radius 2 is 2.00 bits per heavy atom. The van der Waals surface area contributed by atoms with Crippen molar-refractivity contribution in [3.63, 3.8) is 0 Å². The first-order valence-corrected chi connectivity index (χ1v) is 5.61. The minimum atomic E-state index is -0.762. The van der Waals surface area contributed by atoms with Gasteiger partial charge in [-0.15, -0.1) is 10.2 Å². The molecular weight excluding hydrogens is 290 g/mol. The van der Waals surface area contributed by atoms with Gasteiger partial charge in [0.25, 0.3) is 5.69 Å². The zero-order chi connectivity index (χ0) is 15.4. The van der Waals surface area contributed by atoms with E-state index in [9.17, 15) is 25.1 Å². The molecule has 0 heterocycles. The number of azo groups is 1. The number of nitrogens with zero attached hydrogens (tertiary/aromatic N) is 3. The van der Waals surface area contributed by atoms with Gasteiger partial charge in [-0.3, -0.25) is 14.9 Å². The van der Waals surface area contributed by atoms with Crippen LogP contribution >= 0.6 is 11.6 Å². The summed E-state index contributed by atoms with van der Waals surface area (Å²) in [4.78, 5) is 21.0. The van der Waals surface area contributed by atoms with E-state index in [1.54, 1.807) is 0 Å². The Balaban J connectivity index is 3.24. The summed E-state index contributed by atoms with van der Waals surface area (Å²) in [7, 11) is 0. The highest BCUT2D eigenvalue weighted by Crippen LogP contribution is 2.37. The molecule has 0 spiro atoms. The molecule has 2 N–H and O–H groups in total. The number of phenolic OH excluding ortho intramolecular Hbond substituents is 1. The first-order chi connectivity index (χ1) is 9.23. The zero-order valence-electron chi connectivity index (χ0n) is 10.5. The van der Waals surface area contributed by atoms with Crippen LogP contribution in [0, 0.1) is 10.1 Å². The number of carbonyl (C=O) groups excluding carboxylic acids is 1. The Morgan fingerprint density at radius 3 is 2.45 bits per heavy atom. The van der Waals surface area contributed by atoms with Gasteiger partial charge in [0.1, 0.15) is 22.2 Å². The van der Waals surface area contributed by atoms with Crippen molar-refractivity contribution >= 4 is 28.8 Å². The van der Waals surface area contributed by atoms with Gasteiger partial charge in [-0.2, -0.15) is 0 Å². The number of benzene rings is 1. The van der Waals surface area contributed by atoms with Crippen LogP contribution in [0.1, 0.15) is 13.8 Å². The minimum absolute atomic E-state index is 0.166. The smallest absolute Gasteiger partial charge is 0.291 e. The second kappa shape index (κ2) is 6.11. The standard InChI is InChI=1S/C11H10ClN3O5/c1-5(16)11(6(2)17)14-13-8-3-7(12)9(15(19)20)4-10(8)18/h3-4,16,18H,1-2H3/b11-5+,14-13?. The third-order valence-corrected chi connectivity index (χ3v) is 2.48. The number of nitro benzene ring substituents is 1. The summed E-state index contributed by atoms with van der Waals surface area (Å²) in [5.41, 5.74) is -0.941. The van der Waals surface area contributed by atoms with E-state index < -0.39 is 22.1 Å². The maximum atomic E-state index is 11.2. The summed E-state index contributed by atoms with van der Waals surface area (Å²) in [5, 5.41) is 36.2. The van der Waals surface area contributed by atoms with Crippen LogP contribution in [0.15, 0.2) is 33.8 Å². The topological polar surface area (TPSA) is 125 Å². The number of nitro groups is 1. The number of rotatable bonds is 4. The first kappa shape index (κ1) is 15.6. The SMILES string of the molecule is CC(=O)/C(N=Nc1cc(Cl)c([N+](=O)[O-])cc1O)=C(/C)O. The normalized spacial score (nSPS) is 12.3. The van der Waals surface area contributed by atoms with Crippen LogP contribution in [0.2, 0.25) is 5.02 Å². The molecule has 106 valence electrons. The van der Waals surface area contributed by atoms with Crippen molar-refractivity contribution in [3.8, 4) is 5.75 Å². The van der Waals surface area contributed by atoms with Crippen molar-refractivity contribution in [1.29, 1.82) is 0 Å². The molecule has 1 aromatic carbocycles. The molecule has 0 unspecified atom stereocenters. The van der Waals surface area contributed by atoms with Crippen molar-refractivity contribution < 1.29 is 19.9 Å². The number of carbonyl (C=O) groups is 1. The fraction of sp³-hybridized carbons (Fsp3) is 0.182. The van der Waals surface area contributed by atoms with Gasteiger partial charge in [0.05, 0.1) is 11.0 Å². The summed E-state index contributed by atoms with van der Waals surface area (Å²) >= 11 is 5.65. The quantitative estimate of drug-likeness (QED) is 0.289. The average molecular weight is 300 g/mol. The van der Waals surface area contributed by atoms with Crippen LogP contribution in [0.25, 0.3) is 0 Å². The summed E-state index contributed by atoms with van der Waals surface area (Å²) < 4.78 is 0. The molecule has 1 aromatic rings. The highest BCUT2D eigenvalue weighted by Gasteiger charge is 2.17. The lowest BCUT2D eigenvalue weighted by Gasteiger charge is -2.01. The molecule has 9 heteroatoms. The van der Waals surface area contributed by atoms with E-state index in [4.69, 9.17) is 11.6 Å². The summed E-state index contributed by atoms with van der Waals surface area (Å²) in [6.07, 6.45) is 0. The number of allylic oxidation sites excluding steroid dienone is 2. The van der Waals surface area contributed by atoms with E-state index >= 15 is 0 Å². The number of halogens is 1. The average Bonchev–Trinajstić information content (AvgIpc) is 2.31. The second-order valence-corrected chi connectivity index (χ2v) is 4.15. The Labute approximate surface area is 118 Å². The number of ketones is 1. The molecule has 8 nitrogen and oxygen atoms in total. The summed E-state index contributed by atoms with van der Waals surface area (Å²) in [6.45, 7) is 2.43. The van der Waals surface area contributed by atoms with Gasteiger partial charge in [-0.1, -0.05) is 11.6 Å². The van der Waals surface area contributed by atoms with Crippen molar-refractivity contribution in [1.82, 2.24) is 0 Å². The number of Topliss-reactive ketones (excluding diaryl/α,β-unsaturated/α-hetero) is 1. The van der Waals surface area contributed by atoms with Gasteiger partial charge in [0.15, 0.2) is 11.5 Å². The van der Waals surface area contributed by atoms with E-state index in [1.165, 1.54) is 13.8 Å². The largest absolute Gasteiger partial charge is 0.510 e. The first-order valence-electron chi connectivity index (χ1n) is 5.23. The number of hydrogen-bond donors (Lipinski definition) is 2. The molecule has 0 aromatic heterocycles. The predicted octanol–water partition coefficient (Wildman–Crippen LogP) is 3.42. The number of aliphatic hydroxyl groups is 1. The van der Waals surface area contributed by atoms with Crippen LogP contribution in [-0.2, 0) is 4.79 Å². The van der Waals surface area contributed by atoms with Crippen molar-refractivity contribution in [2.75, 3.05) is 0 Å². The lowest BCUT2D eigenvalue weighted by Crippen LogP contribution is -1.96. The van der Waals surface area contributed by atoms with Gasteiger partial charge in [0.2, 0.25) is 0 Å². The molecule has 0 saturated carbocycles. The third kappa shape index (κ3) is 3.51. The van der Waals surface area contributed by atoms with Crippen LogP contribution in [-0.4, -0.2) is 20.9 Å². The lowest BCUT2D eigenvalue weighted by atomic mass is 10.2. The maximum Gasteiger partial charge on any atom is 0.291 e. The molecule has 0 radical (unpaired) electrons. The monoisotopic (exact) mass is 299 g/mol. The summed E-state index contributed by atoms with van der Waals surface area (Å²) in [5.74, 6) is -1.39. The maximum absolute atomic E-state index is 11.2. The van der Waals surface area contributed by atoms with Gasteiger partial charge >= 0.3 is 0 Å². The second-order valence-electron chi connectivity index (χ2n) is 3.74. The lowest BCUT2D eigenvalue weighted by molar-refractivity contribution is -0.384. The van der Waals surface area contributed by atoms with Gasteiger partial charge < -0.3 is 10.2 Å². The molecule has 20 heavy (non-hydrogen) atoms. The highest BCUT2D eigenvalue weighted by atomic mass is 35.5. The fourth-order valence-electron chi connectivity index (χ4n) is 1.26. The Hall–Kier alpha value is -2.48. The van der Waals surface area contributed by atoms with E-state index in [-0.39, 0.29) is 22.2 Å². The zero-order valence-corrected chi connectivity index (χ0v) is 11.2. The number of aromatic hydroxyl groups is 1. The molecule has 0 aliphatic heterocycles. The van der Waals surface area contributed by atoms with Gasteiger partial charge in [-0.25, -0.2) is 0 Å². The van der Waals surface area contributed by atoms with E-state index in [2.05, 4.69) is 10.2 Å². The Morgan fingerprint density at radius 1 is 1.40 bits per heavy atom. The van der Waals surface area contributed by atoms with Crippen molar-refractivity contribution in [2.24, 2.45) is 10.2 Å². The van der Waals surface area contributed by atoms with E-state index in [0.29, 0.717) is 0 Å². The van der Waals surface area contributed by atoms with E-state index in [0.717, 1.165) is 12.1 Å². The van der Waals surface area contributed by atoms with Crippen LogP contribution < -0.4 is 0 Å². The molecule has 0 amide bonds. The Bertz CT molecular complexity index is 635. The molecule has 1 rings (SSSR count). The van der Waals surface area contributed by atoms with Crippen LogP contribution in [0.3, 0.4) is 0 Å². The van der Waals surface area contributed by atoms with Crippen molar-refractivity contribution in [3.05, 3.63) is 38.7 Å². The molecular formula is C11H10ClN3O5. The highest BCUT2D eigenvalue weighted by molar-refractivity contribution is 6.33. The van der Waals surface area contributed by atoms with Crippen LogP contribution in [0.5, 0.6) is 5.75 Å². The number of hydrogen-bond acceptors (Lipinski definition) is 7.